The second-order valence-corrected chi connectivity index (χ2v) is 6.39. The Kier molecular flexibility index (Phi) is 4.45. The molecule has 6 heteroatoms. The predicted octanol–water partition coefficient (Wildman–Crippen LogP) is 2.51. The average molecular weight is 305 g/mol. The van der Waals surface area contributed by atoms with Gasteiger partial charge in [-0.05, 0) is 31.2 Å². The number of nitrogens with zero attached hydrogens (tertiary/aromatic N) is 2. The summed E-state index contributed by atoms with van der Waals surface area (Å²) in [6, 6.07) is 10.0. The van der Waals surface area contributed by atoms with E-state index in [0.29, 0.717) is 6.04 Å². The lowest BCUT2D eigenvalue weighted by Crippen LogP contribution is -2.16. The van der Waals surface area contributed by atoms with Crippen molar-refractivity contribution in [3.05, 3.63) is 46.4 Å². The molecule has 0 saturated heterocycles. The van der Waals surface area contributed by atoms with Crippen molar-refractivity contribution in [1.29, 1.82) is 0 Å². The molecule has 0 radical (unpaired) electrons. The van der Waals surface area contributed by atoms with Gasteiger partial charge in [-0.25, -0.2) is 9.89 Å². The van der Waals surface area contributed by atoms with Gasteiger partial charge in [0, 0.05) is 11.8 Å². The maximum Gasteiger partial charge on any atom is 0.344 e. The summed E-state index contributed by atoms with van der Waals surface area (Å²) in [6.45, 7) is 0. The van der Waals surface area contributed by atoms with E-state index in [1.807, 2.05) is 30.3 Å². The van der Waals surface area contributed by atoms with Crippen molar-refractivity contribution >= 4 is 11.8 Å². The van der Waals surface area contributed by atoms with Crippen LogP contribution in [0.1, 0.15) is 43.4 Å². The zero-order valence-electron chi connectivity index (χ0n) is 11.7. The van der Waals surface area contributed by atoms with E-state index in [2.05, 4.69) is 10.2 Å². The molecule has 0 amide bonds. The van der Waals surface area contributed by atoms with Crippen LogP contribution in [0.5, 0.6) is 0 Å². The van der Waals surface area contributed by atoms with Crippen LogP contribution < -0.4 is 5.69 Å². The molecule has 112 valence electrons. The van der Waals surface area contributed by atoms with Crippen molar-refractivity contribution in [3.8, 4) is 0 Å². The van der Waals surface area contributed by atoms with Crippen LogP contribution >= 0.6 is 11.8 Å². The van der Waals surface area contributed by atoms with Crippen LogP contribution in [0, 0.1) is 0 Å². The first-order valence-corrected chi connectivity index (χ1v) is 8.27. The van der Waals surface area contributed by atoms with Gasteiger partial charge in [0.2, 0.25) is 0 Å². The molecule has 0 aliphatic heterocycles. The molecule has 0 spiro atoms. The summed E-state index contributed by atoms with van der Waals surface area (Å²) >= 11 is 1.58. The normalized spacial score (nSPS) is 16.0. The molecule has 1 atom stereocenters. The Morgan fingerprint density at radius 3 is 2.86 bits per heavy atom. The average Bonchev–Trinajstić information content (AvgIpc) is 3.28. The molecule has 1 aliphatic carbocycles. The van der Waals surface area contributed by atoms with Crippen molar-refractivity contribution in [1.82, 2.24) is 14.8 Å². The number of hydrogen-bond donors (Lipinski definition) is 2. The van der Waals surface area contributed by atoms with Crippen molar-refractivity contribution in [2.45, 2.75) is 43.0 Å². The molecule has 1 aromatic heterocycles. The zero-order chi connectivity index (χ0) is 14.7. The van der Waals surface area contributed by atoms with E-state index in [-0.39, 0.29) is 5.69 Å². The van der Waals surface area contributed by atoms with Crippen molar-refractivity contribution in [2.75, 3.05) is 5.75 Å². The van der Waals surface area contributed by atoms with Gasteiger partial charge in [-0.15, -0.1) is 5.10 Å². The Bertz CT molecular complexity index is 634. The van der Waals surface area contributed by atoms with Gasteiger partial charge < -0.3 is 5.11 Å². The fourth-order valence-electron chi connectivity index (χ4n) is 2.33. The Morgan fingerprint density at radius 1 is 1.38 bits per heavy atom. The molecule has 0 bridgehead atoms. The Labute approximate surface area is 127 Å². The Hall–Kier alpha value is -1.53. The number of aromatic amines is 1. The molecular formula is C15H19N3O2S. The van der Waals surface area contributed by atoms with Gasteiger partial charge in [-0.3, -0.25) is 4.57 Å². The van der Waals surface area contributed by atoms with Crippen LogP contribution in [-0.2, 0) is 0 Å². The van der Waals surface area contributed by atoms with Gasteiger partial charge in [0.05, 0.1) is 6.10 Å². The molecule has 1 saturated carbocycles. The number of rotatable bonds is 7. The van der Waals surface area contributed by atoms with Crippen LogP contribution in [0.2, 0.25) is 0 Å². The highest BCUT2D eigenvalue weighted by Crippen LogP contribution is 2.36. The molecule has 1 aliphatic rings. The van der Waals surface area contributed by atoms with E-state index in [0.717, 1.165) is 42.2 Å². The molecule has 3 rings (SSSR count). The lowest BCUT2D eigenvalue weighted by atomic mass is 10.1. The third-order valence-electron chi connectivity index (χ3n) is 3.62. The molecule has 1 aromatic carbocycles. The fourth-order valence-corrected chi connectivity index (χ4v) is 3.30. The number of aromatic nitrogens is 3. The summed E-state index contributed by atoms with van der Waals surface area (Å²) in [5, 5.41) is 17.5. The van der Waals surface area contributed by atoms with Gasteiger partial charge in [-0.1, -0.05) is 42.1 Å². The standard InChI is InChI=1S/C15H19N3O2S/c19-13(11-5-2-1-3-6-11)7-4-10-21-15-17-16-14(20)18(15)12-8-9-12/h1-3,5-6,12-13,19H,4,7-10H2,(H,16,20). The molecule has 21 heavy (non-hydrogen) atoms. The molecule has 2 N–H and O–H groups in total. The highest BCUT2D eigenvalue weighted by atomic mass is 32.2. The smallest absolute Gasteiger partial charge is 0.344 e. The van der Waals surface area contributed by atoms with E-state index < -0.39 is 6.10 Å². The Balaban J connectivity index is 1.47. The number of aliphatic hydroxyl groups is 1. The number of H-pyrrole nitrogens is 1. The largest absolute Gasteiger partial charge is 0.388 e. The summed E-state index contributed by atoms with van der Waals surface area (Å²) in [4.78, 5) is 11.6. The molecular weight excluding hydrogens is 286 g/mol. The van der Waals surface area contributed by atoms with Crippen LogP contribution in [0.25, 0.3) is 0 Å². The fraction of sp³-hybridized carbons (Fsp3) is 0.467. The van der Waals surface area contributed by atoms with Crippen LogP contribution in [0.3, 0.4) is 0 Å². The zero-order valence-corrected chi connectivity index (χ0v) is 12.6. The monoisotopic (exact) mass is 305 g/mol. The number of hydrogen-bond acceptors (Lipinski definition) is 4. The predicted molar refractivity (Wildman–Crippen MR) is 82.5 cm³/mol. The molecule has 1 fully saturated rings. The maximum absolute atomic E-state index is 11.6. The summed E-state index contributed by atoms with van der Waals surface area (Å²) in [5.41, 5.74) is 0.849. The highest BCUT2D eigenvalue weighted by molar-refractivity contribution is 7.99. The minimum absolute atomic E-state index is 0.107. The minimum Gasteiger partial charge on any atom is -0.388 e. The summed E-state index contributed by atoms with van der Waals surface area (Å²) in [7, 11) is 0. The first-order valence-electron chi connectivity index (χ1n) is 7.28. The minimum atomic E-state index is -0.420. The van der Waals surface area contributed by atoms with E-state index >= 15 is 0 Å². The second-order valence-electron chi connectivity index (χ2n) is 5.33. The Morgan fingerprint density at radius 2 is 2.14 bits per heavy atom. The van der Waals surface area contributed by atoms with Crippen molar-refractivity contribution in [3.63, 3.8) is 0 Å². The number of aliphatic hydroxyl groups excluding tert-OH is 1. The highest BCUT2D eigenvalue weighted by Gasteiger charge is 2.28. The van der Waals surface area contributed by atoms with E-state index in [4.69, 9.17) is 0 Å². The topological polar surface area (TPSA) is 70.9 Å². The molecule has 1 heterocycles. The third-order valence-corrected chi connectivity index (χ3v) is 4.66. The van der Waals surface area contributed by atoms with Crippen molar-refractivity contribution in [2.24, 2.45) is 0 Å². The second kappa shape index (κ2) is 6.49. The van der Waals surface area contributed by atoms with Gasteiger partial charge in [0.1, 0.15) is 0 Å². The number of benzene rings is 1. The SMILES string of the molecule is O=c1[nH]nc(SCCCC(O)c2ccccc2)n1C1CC1. The van der Waals surface area contributed by atoms with E-state index in [9.17, 15) is 9.90 Å². The van der Waals surface area contributed by atoms with E-state index in [1.165, 1.54) is 0 Å². The van der Waals surface area contributed by atoms with Gasteiger partial charge in [-0.2, -0.15) is 0 Å². The molecule has 2 aromatic rings. The maximum atomic E-state index is 11.6. The summed E-state index contributed by atoms with van der Waals surface area (Å²) < 4.78 is 1.76. The lowest BCUT2D eigenvalue weighted by Gasteiger charge is -2.10. The van der Waals surface area contributed by atoms with Crippen LogP contribution in [-0.4, -0.2) is 25.6 Å². The lowest BCUT2D eigenvalue weighted by molar-refractivity contribution is 0.167. The quantitative estimate of drug-likeness (QED) is 0.609. The first kappa shape index (κ1) is 14.4. The number of thioether (sulfide) groups is 1. The molecule has 5 nitrogen and oxygen atoms in total. The summed E-state index contributed by atoms with van der Waals surface area (Å²) in [6.07, 6.45) is 3.32. The molecule has 1 unspecified atom stereocenters. The van der Waals surface area contributed by atoms with Crippen LogP contribution in [0.4, 0.5) is 0 Å². The number of nitrogens with one attached hydrogen (secondary N) is 1. The third kappa shape index (κ3) is 3.57. The first-order chi connectivity index (χ1) is 10.3. The van der Waals surface area contributed by atoms with Gasteiger partial charge >= 0.3 is 5.69 Å². The van der Waals surface area contributed by atoms with E-state index in [1.54, 1.807) is 16.3 Å². The van der Waals surface area contributed by atoms with Gasteiger partial charge in [0.25, 0.3) is 0 Å². The van der Waals surface area contributed by atoms with Crippen LogP contribution in [0.15, 0.2) is 40.3 Å². The van der Waals surface area contributed by atoms with Gasteiger partial charge in [0.15, 0.2) is 5.16 Å². The van der Waals surface area contributed by atoms with Crippen molar-refractivity contribution < 1.29 is 5.11 Å². The summed E-state index contributed by atoms with van der Waals surface area (Å²) in [5.74, 6) is 0.848.